The molecule has 28 heavy (non-hydrogen) atoms. The van der Waals surface area contributed by atoms with Crippen molar-refractivity contribution in [3.63, 3.8) is 0 Å². The third kappa shape index (κ3) is 3.43. The van der Waals surface area contributed by atoms with Crippen molar-refractivity contribution in [2.75, 3.05) is 44.7 Å². The zero-order chi connectivity index (χ0) is 18.9. The predicted octanol–water partition coefficient (Wildman–Crippen LogP) is 4.70. The molecule has 1 aliphatic heterocycles. The predicted molar refractivity (Wildman–Crippen MR) is 118 cm³/mol. The quantitative estimate of drug-likeness (QED) is 0.459. The van der Waals surface area contributed by atoms with Crippen molar-refractivity contribution in [2.24, 2.45) is 0 Å². The summed E-state index contributed by atoms with van der Waals surface area (Å²) in [6.45, 7) is 5.91. The molecule has 5 heteroatoms. The molecule has 2 heterocycles. The zero-order valence-corrected chi connectivity index (χ0v) is 17.5. The molecule has 1 aliphatic carbocycles. The number of ether oxygens (including phenoxy) is 1. The van der Waals surface area contributed by atoms with E-state index in [2.05, 4.69) is 68.6 Å². The standard InChI is InChI=1S/C23H24BrN3O/c24-17-6-7-21-19(15-17)22(25-8-3-9-27-10-12-28-13-11-27)20-14-16-4-1-2-5-18(16)23(20)26-21/h1-2,4-7,15H,3,8-14H2,(H,25,26). The summed E-state index contributed by atoms with van der Waals surface area (Å²) in [6.07, 6.45) is 2.08. The Morgan fingerprint density at radius 2 is 1.96 bits per heavy atom. The molecule has 1 saturated heterocycles. The Hall–Kier alpha value is -1.95. The minimum Gasteiger partial charge on any atom is -0.384 e. The Morgan fingerprint density at radius 1 is 1.11 bits per heavy atom. The van der Waals surface area contributed by atoms with E-state index in [1.54, 1.807) is 0 Å². The van der Waals surface area contributed by atoms with Crippen LogP contribution in [-0.2, 0) is 11.2 Å². The molecule has 2 aliphatic rings. The van der Waals surface area contributed by atoms with Gasteiger partial charge in [-0.15, -0.1) is 0 Å². The molecule has 0 saturated carbocycles. The highest BCUT2D eigenvalue weighted by molar-refractivity contribution is 9.10. The summed E-state index contributed by atoms with van der Waals surface area (Å²) in [6, 6.07) is 15.0. The van der Waals surface area contributed by atoms with Gasteiger partial charge in [0.1, 0.15) is 0 Å². The van der Waals surface area contributed by atoms with E-state index in [9.17, 15) is 0 Å². The summed E-state index contributed by atoms with van der Waals surface area (Å²) in [5, 5.41) is 4.97. The summed E-state index contributed by atoms with van der Waals surface area (Å²) < 4.78 is 6.54. The smallest absolute Gasteiger partial charge is 0.0768 e. The van der Waals surface area contributed by atoms with Crippen LogP contribution < -0.4 is 5.32 Å². The van der Waals surface area contributed by atoms with Gasteiger partial charge in [0, 0.05) is 52.7 Å². The molecule has 0 radical (unpaired) electrons. The summed E-state index contributed by atoms with van der Waals surface area (Å²) >= 11 is 3.64. The second-order valence-electron chi connectivity index (χ2n) is 7.54. The Labute approximate surface area is 174 Å². The van der Waals surface area contributed by atoms with Gasteiger partial charge in [-0.3, -0.25) is 4.90 Å². The zero-order valence-electron chi connectivity index (χ0n) is 15.9. The highest BCUT2D eigenvalue weighted by Gasteiger charge is 2.24. The Morgan fingerprint density at radius 3 is 2.86 bits per heavy atom. The van der Waals surface area contributed by atoms with Crippen LogP contribution in [0.15, 0.2) is 46.9 Å². The van der Waals surface area contributed by atoms with Gasteiger partial charge in [0.05, 0.1) is 24.4 Å². The average molecular weight is 438 g/mol. The number of aromatic nitrogens is 1. The number of hydrogen-bond donors (Lipinski definition) is 1. The van der Waals surface area contributed by atoms with Gasteiger partial charge in [0.15, 0.2) is 0 Å². The van der Waals surface area contributed by atoms with Crippen LogP contribution in [0.3, 0.4) is 0 Å². The third-order valence-electron chi connectivity index (χ3n) is 5.74. The van der Waals surface area contributed by atoms with Gasteiger partial charge in [0.2, 0.25) is 0 Å². The van der Waals surface area contributed by atoms with Gasteiger partial charge in [-0.25, -0.2) is 4.98 Å². The van der Waals surface area contributed by atoms with E-state index in [0.717, 1.165) is 67.9 Å². The molecule has 0 bridgehead atoms. The summed E-state index contributed by atoms with van der Waals surface area (Å²) in [4.78, 5) is 7.51. The van der Waals surface area contributed by atoms with Crippen LogP contribution >= 0.6 is 15.9 Å². The summed E-state index contributed by atoms with van der Waals surface area (Å²) in [5.74, 6) is 0. The molecular weight excluding hydrogens is 414 g/mol. The summed E-state index contributed by atoms with van der Waals surface area (Å²) in [5.41, 5.74) is 7.42. The molecule has 144 valence electrons. The normalized spacial score (nSPS) is 16.2. The first-order valence-corrected chi connectivity index (χ1v) is 10.8. The van der Waals surface area contributed by atoms with Crippen LogP contribution in [-0.4, -0.2) is 49.3 Å². The number of morpholine rings is 1. The second kappa shape index (κ2) is 7.82. The van der Waals surface area contributed by atoms with Crippen LogP contribution in [0.5, 0.6) is 0 Å². The minimum absolute atomic E-state index is 0.863. The first-order valence-electron chi connectivity index (χ1n) is 10.0. The monoisotopic (exact) mass is 437 g/mol. The van der Waals surface area contributed by atoms with Crippen LogP contribution in [0.1, 0.15) is 17.5 Å². The lowest BCUT2D eigenvalue weighted by atomic mass is 10.1. The number of benzene rings is 2. The number of fused-ring (bicyclic) bond motifs is 4. The molecule has 1 fully saturated rings. The summed E-state index contributed by atoms with van der Waals surface area (Å²) in [7, 11) is 0. The lowest BCUT2D eigenvalue weighted by molar-refractivity contribution is 0.0378. The number of rotatable bonds is 5. The fourth-order valence-corrected chi connectivity index (χ4v) is 4.67. The molecule has 4 nitrogen and oxygen atoms in total. The lowest BCUT2D eigenvalue weighted by Crippen LogP contribution is -2.37. The molecule has 1 aromatic heterocycles. The number of nitrogens with zero attached hydrogens (tertiary/aromatic N) is 2. The molecule has 1 N–H and O–H groups in total. The van der Waals surface area contributed by atoms with Gasteiger partial charge >= 0.3 is 0 Å². The lowest BCUT2D eigenvalue weighted by Gasteiger charge is -2.26. The van der Waals surface area contributed by atoms with Gasteiger partial charge in [-0.2, -0.15) is 0 Å². The van der Waals surface area contributed by atoms with E-state index >= 15 is 0 Å². The molecule has 5 rings (SSSR count). The molecular formula is C23H24BrN3O. The van der Waals surface area contributed by atoms with E-state index in [4.69, 9.17) is 9.72 Å². The molecule has 0 spiro atoms. The van der Waals surface area contributed by atoms with Crippen LogP contribution in [0.2, 0.25) is 0 Å². The van der Waals surface area contributed by atoms with Crippen molar-refractivity contribution < 1.29 is 4.74 Å². The van der Waals surface area contributed by atoms with E-state index < -0.39 is 0 Å². The van der Waals surface area contributed by atoms with Crippen LogP contribution in [0.4, 0.5) is 5.69 Å². The maximum Gasteiger partial charge on any atom is 0.0768 e. The molecule has 3 aromatic rings. The number of hydrogen-bond acceptors (Lipinski definition) is 4. The minimum atomic E-state index is 0.863. The Kier molecular flexibility index (Phi) is 5.05. The van der Waals surface area contributed by atoms with Crippen molar-refractivity contribution >= 4 is 32.5 Å². The highest BCUT2D eigenvalue weighted by atomic mass is 79.9. The van der Waals surface area contributed by atoms with E-state index in [-0.39, 0.29) is 0 Å². The maximum absolute atomic E-state index is 5.45. The SMILES string of the molecule is Brc1ccc2nc3c(c(NCCCN4CCOCC4)c2c1)Cc1ccccc1-3. The average Bonchev–Trinajstić information content (AvgIpc) is 3.10. The van der Waals surface area contributed by atoms with Crippen molar-refractivity contribution in [3.05, 3.63) is 58.1 Å². The van der Waals surface area contributed by atoms with E-state index in [1.807, 2.05) is 0 Å². The maximum atomic E-state index is 5.45. The Bertz CT molecular complexity index is 1010. The largest absolute Gasteiger partial charge is 0.384 e. The van der Waals surface area contributed by atoms with Crippen molar-refractivity contribution in [3.8, 4) is 11.3 Å². The number of pyridine rings is 1. The Balaban J connectivity index is 1.43. The van der Waals surface area contributed by atoms with Gasteiger partial charge in [0.25, 0.3) is 0 Å². The topological polar surface area (TPSA) is 37.4 Å². The molecule has 2 aromatic carbocycles. The van der Waals surface area contributed by atoms with Crippen LogP contribution in [0, 0.1) is 0 Å². The number of halogens is 1. The first-order chi connectivity index (χ1) is 13.8. The van der Waals surface area contributed by atoms with E-state index in [0.29, 0.717) is 0 Å². The second-order valence-corrected chi connectivity index (χ2v) is 8.46. The fourth-order valence-electron chi connectivity index (χ4n) is 4.31. The molecule has 0 unspecified atom stereocenters. The van der Waals surface area contributed by atoms with Crippen molar-refractivity contribution in [2.45, 2.75) is 12.8 Å². The molecule has 0 atom stereocenters. The van der Waals surface area contributed by atoms with Gasteiger partial charge in [-0.1, -0.05) is 40.2 Å². The first kappa shape index (κ1) is 18.1. The van der Waals surface area contributed by atoms with Crippen LogP contribution in [0.25, 0.3) is 22.2 Å². The van der Waals surface area contributed by atoms with Gasteiger partial charge < -0.3 is 10.1 Å². The van der Waals surface area contributed by atoms with Gasteiger partial charge in [-0.05, 0) is 36.7 Å². The molecule has 0 amide bonds. The fraction of sp³-hybridized carbons (Fsp3) is 0.348. The highest BCUT2D eigenvalue weighted by Crippen LogP contribution is 2.42. The number of nitrogens with one attached hydrogen (secondary N) is 1. The third-order valence-corrected chi connectivity index (χ3v) is 6.24. The van der Waals surface area contributed by atoms with Crippen molar-refractivity contribution in [1.29, 1.82) is 0 Å². The van der Waals surface area contributed by atoms with Crippen molar-refractivity contribution in [1.82, 2.24) is 9.88 Å². The van der Waals surface area contributed by atoms with E-state index in [1.165, 1.54) is 27.8 Å². The number of anilines is 1.